The summed E-state index contributed by atoms with van der Waals surface area (Å²) in [6.07, 6.45) is 0. The van der Waals surface area contributed by atoms with E-state index in [0.29, 0.717) is 11.4 Å². The van der Waals surface area contributed by atoms with Gasteiger partial charge in [-0.2, -0.15) is 10.2 Å². The van der Waals surface area contributed by atoms with Gasteiger partial charge in [0.2, 0.25) is 0 Å². The van der Waals surface area contributed by atoms with Gasteiger partial charge in [-0.15, -0.1) is 0 Å². The summed E-state index contributed by atoms with van der Waals surface area (Å²) in [6.45, 7) is 2.83. The van der Waals surface area contributed by atoms with Crippen molar-refractivity contribution in [2.24, 2.45) is 16.1 Å². The van der Waals surface area contributed by atoms with Crippen LogP contribution < -0.4 is 5.32 Å². The summed E-state index contributed by atoms with van der Waals surface area (Å²) < 4.78 is 5.19. The van der Waals surface area contributed by atoms with E-state index >= 15 is 0 Å². The molecule has 1 atom stereocenters. The highest BCUT2D eigenvalue weighted by molar-refractivity contribution is 6.22. The zero-order valence-corrected chi connectivity index (χ0v) is 19.8. The number of azo groups is 1. The van der Waals surface area contributed by atoms with E-state index in [1.165, 1.54) is 0 Å². The molecule has 0 saturated carbocycles. The fourth-order valence-corrected chi connectivity index (χ4v) is 3.78. The van der Waals surface area contributed by atoms with Crippen LogP contribution in [0.4, 0.5) is 17.1 Å². The highest BCUT2D eigenvalue weighted by atomic mass is 16.5. The molecule has 36 heavy (non-hydrogen) atoms. The minimum atomic E-state index is -1.15. The number of carbonyl (C=O) groups is 4. The molecule has 0 aromatic heterocycles. The van der Waals surface area contributed by atoms with Gasteiger partial charge in [-0.05, 0) is 54.4 Å². The van der Waals surface area contributed by atoms with Crippen LogP contribution in [0.25, 0.3) is 0 Å². The number of hydrogen-bond acceptors (Lipinski definition) is 7. The summed E-state index contributed by atoms with van der Waals surface area (Å²) in [5, 5.41) is 10.9. The van der Waals surface area contributed by atoms with E-state index in [1.54, 1.807) is 62.4 Å². The molecular formula is C27H24N4O5. The molecule has 1 unspecified atom stereocenters. The quantitative estimate of drug-likeness (QED) is 0.277. The van der Waals surface area contributed by atoms with Gasteiger partial charge < -0.3 is 10.1 Å². The van der Waals surface area contributed by atoms with Gasteiger partial charge in [-0.3, -0.25) is 19.3 Å². The van der Waals surface area contributed by atoms with Crippen LogP contribution >= 0.6 is 0 Å². The van der Waals surface area contributed by atoms with Gasteiger partial charge in [-0.25, -0.2) is 4.79 Å². The Balaban J connectivity index is 1.34. The molecule has 1 aliphatic heterocycles. The second-order valence-electron chi connectivity index (χ2n) is 8.45. The number of amides is 3. The molecule has 1 aliphatic rings. The molecule has 182 valence electrons. The molecule has 9 heteroatoms. The third-order valence-corrected chi connectivity index (χ3v) is 5.51. The van der Waals surface area contributed by atoms with Crippen molar-refractivity contribution in [1.29, 1.82) is 0 Å². The maximum atomic E-state index is 12.8. The molecule has 0 saturated heterocycles. The van der Waals surface area contributed by atoms with Crippen molar-refractivity contribution in [3.63, 3.8) is 0 Å². The predicted molar refractivity (Wildman–Crippen MR) is 132 cm³/mol. The Morgan fingerprint density at radius 2 is 1.33 bits per heavy atom. The maximum Gasteiger partial charge on any atom is 0.330 e. The lowest BCUT2D eigenvalue weighted by atomic mass is 10.0. The summed E-state index contributed by atoms with van der Waals surface area (Å²) in [7, 11) is 0. The minimum absolute atomic E-state index is 0.241. The highest BCUT2D eigenvalue weighted by Crippen LogP contribution is 2.27. The van der Waals surface area contributed by atoms with Gasteiger partial charge in [0.05, 0.1) is 22.5 Å². The molecule has 3 amide bonds. The first-order valence-electron chi connectivity index (χ1n) is 11.4. The summed E-state index contributed by atoms with van der Waals surface area (Å²) in [5.74, 6) is -2.92. The van der Waals surface area contributed by atoms with Crippen molar-refractivity contribution in [2.45, 2.75) is 19.9 Å². The molecule has 1 heterocycles. The van der Waals surface area contributed by atoms with Gasteiger partial charge in [-0.1, -0.05) is 44.2 Å². The first kappa shape index (κ1) is 24.5. The second-order valence-corrected chi connectivity index (χ2v) is 8.45. The summed E-state index contributed by atoms with van der Waals surface area (Å²) in [4.78, 5) is 51.7. The number of anilines is 1. The number of rotatable bonds is 8. The zero-order chi connectivity index (χ0) is 25.7. The Hall–Kier alpha value is -4.66. The molecule has 4 rings (SSSR count). The monoisotopic (exact) mass is 484 g/mol. The van der Waals surface area contributed by atoms with E-state index in [2.05, 4.69) is 15.5 Å². The van der Waals surface area contributed by atoms with Crippen molar-refractivity contribution >= 4 is 40.8 Å². The number of nitrogens with one attached hydrogen (secondary N) is 1. The second kappa shape index (κ2) is 10.7. The zero-order valence-electron chi connectivity index (χ0n) is 19.8. The van der Waals surface area contributed by atoms with Crippen LogP contribution in [0.5, 0.6) is 0 Å². The van der Waals surface area contributed by atoms with E-state index < -0.39 is 42.3 Å². The average Bonchev–Trinajstić information content (AvgIpc) is 3.13. The Labute approximate surface area is 207 Å². The van der Waals surface area contributed by atoms with E-state index in [9.17, 15) is 19.2 Å². The van der Waals surface area contributed by atoms with Crippen molar-refractivity contribution in [1.82, 2.24) is 4.90 Å². The molecule has 3 aromatic carbocycles. The lowest BCUT2D eigenvalue weighted by Gasteiger charge is -2.27. The molecular weight excluding hydrogens is 460 g/mol. The lowest BCUT2D eigenvalue weighted by molar-refractivity contribution is -0.152. The maximum absolute atomic E-state index is 12.8. The van der Waals surface area contributed by atoms with Gasteiger partial charge >= 0.3 is 5.97 Å². The number of ether oxygens (including phenoxy) is 1. The van der Waals surface area contributed by atoms with Gasteiger partial charge in [0.25, 0.3) is 17.7 Å². The molecule has 0 fully saturated rings. The van der Waals surface area contributed by atoms with Crippen LogP contribution in [-0.2, 0) is 14.3 Å². The minimum Gasteiger partial charge on any atom is -0.454 e. The third kappa shape index (κ3) is 5.35. The first-order valence-corrected chi connectivity index (χ1v) is 11.4. The normalized spacial score (nSPS) is 13.7. The van der Waals surface area contributed by atoms with Crippen molar-refractivity contribution in [3.8, 4) is 0 Å². The molecule has 9 nitrogen and oxygen atoms in total. The summed E-state index contributed by atoms with van der Waals surface area (Å²) in [6, 6.07) is 21.2. The SMILES string of the molecule is CC(C)C(C(=O)OCC(=O)Nc1ccc(N=Nc2ccccc2)cc1)N1C(=O)c2ccccc2C1=O. The number of esters is 1. The summed E-state index contributed by atoms with van der Waals surface area (Å²) in [5.41, 5.74) is 2.29. The fraction of sp³-hybridized carbons (Fsp3) is 0.185. The number of nitrogens with zero attached hydrogens (tertiary/aromatic N) is 3. The Kier molecular flexibility index (Phi) is 7.29. The van der Waals surface area contributed by atoms with Gasteiger partial charge in [0.1, 0.15) is 6.04 Å². The van der Waals surface area contributed by atoms with Gasteiger partial charge in [0.15, 0.2) is 6.61 Å². The Morgan fingerprint density at radius 1 is 0.806 bits per heavy atom. The van der Waals surface area contributed by atoms with Crippen molar-refractivity contribution < 1.29 is 23.9 Å². The van der Waals surface area contributed by atoms with E-state index in [-0.39, 0.29) is 11.1 Å². The average molecular weight is 485 g/mol. The van der Waals surface area contributed by atoms with Crippen LogP contribution in [0.15, 0.2) is 89.1 Å². The van der Waals surface area contributed by atoms with Crippen LogP contribution in [0.1, 0.15) is 34.6 Å². The Morgan fingerprint density at radius 3 is 1.89 bits per heavy atom. The standard InChI is InChI=1S/C27H24N4O5/c1-17(2)24(31-25(33)21-10-6-7-11-22(21)26(31)34)27(35)36-16-23(32)28-18-12-14-20(15-13-18)30-29-19-8-4-3-5-9-19/h3-15,17,24H,16H2,1-2H3,(H,28,32). The molecule has 0 bridgehead atoms. The van der Waals surface area contributed by atoms with Gasteiger partial charge in [0, 0.05) is 5.69 Å². The number of fused-ring (bicyclic) bond motifs is 1. The van der Waals surface area contributed by atoms with Crippen molar-refractivity contribution in [3.05, 3.63) is 90.0 Å². The molecule has 0 spiro atoms. The molecule has 0 radical (unpaired) electrons. The highest BCUT2D eigenvalue weighted by Gasteiger charge is 2.44. The Bertz CT molecular complexity index is 1280. The number of carbonyl (C=O) groups excluding carboxylic acids is 4. The van der Waals surface area contributed by atoms with E-state index in [0.717, 1.165) is 10.6 Å². The van der Waals surface area contributed by atoms with E-state index in [1.807, 2.05) is 30.3 Å². The molecule has 3 aromatic rings. The third-order valence-electron chi connectivity index (χ3n) is 5.51. The van der Waals surface area contributed by atoms with E-state index in [4.69, 9.17) is 4.74 Å². The number of hydrogen-bond donors (Lipinski definition) is 1. The summed E-state index contributed by atoms with van der Waals surface area (Å²) >= 11 is 0. The first-order chi connectivity index (χ1) is 17.3. The molecule has 0 aliphatic carbocycles. The smallest absolute Gasteiger partial charge is 0.330 e. The fourth-order valence-electron chi connectivity index (χ4n) is 3.78. The largest absolute Gasteiger partial charge is 0.454 e. The van der Waals surface area contributed by atoms with Crippen LogP contribution in [0.3, 0.4) is 0 Å². The van der Waals surface area contributed by atoms with Crippen LogP contribution in [0.2, 0.25) is 0 Å². The predicted octanol–water partition coefficient (Wildman–Crippen LogP) is 4.90. The number of benzene rings is 3. The molecule has 1 N–H and O–H groups in total. The topological polar surface area (TPSA) is 118 Å². The van der Waals surface area contributed by atoms with Crippen molar-refractivity contribution in [2.75, 3.05) is 11.9 Å². The number of imide groups is 1. The van der Waals surface area contributed by atoms with Crippen LogP contribution in [-0.4, -0.2) is 41.2 Å². The van der Waals surface area contributed by atoms with Crippen LogP contribution in [0, 0.1) is 5.92 Å². The lowest BCUT2D eigenvalue weighted by Crippen LogP contribution is -2.49.